The molecule has 0 amide bonds. The van der Waals surface area contributed by atoms with Gasteiger partial charge in [0.05, 0.1) is 0 Å². The molecule has 0 bridgehead atoms. The Bertz CT molecular complexity index is 697. The van der Waals surface area contributed by atoms with E-state index in [2.05, 4.69) is 82.1 Å². The lowest BCUT2D eigenvalue weighted by atomic mass is 10.1. The molecule has 2 aromatic carbocycles. The summed E-state index contributed by atoms with van der Waals surface area (Å²) in [4.78, 5) is 0. The predicted molar refractivity (Wildman–Crippen MR) is 79.9 cm³/mol. The van der Waals surface area contributed by atoms with Gasteiger partial charge in [-0.05, 0) is 36.1 Å². The Hall–Kier alpha value is -1.54. The van der Waals surface area contributed by atoms with Crippen LogP contribution < -0.4 is 0 Å². The van der Waals surface area contributed by atoms with Crippen molar-refractivity contribution in [2.24, 2.45) is 0 Å². The largest absolute Gasteiger partial charge is 0.343 e. The van der Waals surface area contributed by atoms with Crippen molar-refractivity contribution >= 4 is 26.8 Å². The summed E-state index contributed by atoms with van der Waals surface area (Å²) in [6.07, 6.45) is 2.15. The SMILES string of the molecule is Cc1cccc(Cn2ccc3ccc(Br)cc32)c1. The Morgan fingerprint density at radius 1 is 1.06 bits per heavy atom. The second-order valence-corrected chi connectivity index (χ2v) is 5.55. The molecule has 0 atom stereocenters. The number of aromatic nitrogens is 1. The first-order valence-electron chi connectivity index (χ1n) is 6.02. The number of benzene rings is 2. The van der Waals surface area contributed by atoms with Gasteiger partial charge in [-0.1, -0.05) is 51.8 Å². The van der Waals surface area contributed by atoms with Crippen LogP contribution in [0, 0.1) is 6.92 Å². The molecule has 18 heavy (non-hydrogen) atoms. The summed E-state index contributed by atoms with van der Waals surface area (Å²) < 4.78 is 3.41. The highest BCUT2D eigenvalue weighted by molar-refractivity contribution is 9.10. The Balaban J connectivity index is 2.02. The third-order valence-electron chi connectivity index (χ3n) is 3.17. The number of fused-ring (bicyclic) bond motifs is 1. The van der Waals surface area contributed by atoms with Crippen molar-refractivity contribution in [3.8, 4) is 0 Å². The minimum Gasteiger partial charge on any atom is -0.343 e. The molecule has 1 heterocycles. The molecular formula is C16H14BrN. The maximum absolute atomic E-state index is 3.53. The standard InChI is InChI=1S/C16H14BrN/c1-12-3-2-4-13(9-12)11-18-8-7-14-5-6-15(17)10-16(14)18/h2-10H,11H2,1H3. The van der Waals surface area contributed by atoms with E-state index in [1.54, 1.807) is 0 Å². The van der Waals surface area contributed by atoms with E-state index in [4.69, 9.17) is 0 Å². The van der Waals surface area contributed by atoms with Crippen LogP contribution in [0.5, 0.6) is 0 Å². The van der Waals surface area contributed by atoms with Gasteiger partial charge in [0.25, 0.3) is 0 Å². The van der Waals surface area contributed by atoms with Gasteiger partial charge in [-0.15, -0.1) is 0 Å². The van der Waals surface area contributed by atoms with Crippen molar-refractivity contribution < 1.29 is 0 Å². The molecule has 0 aliphatic heterocycles. The van der Waals surface area contributed by atoms with Gasteiger partial charge >= 0.3 is 0 Å². The van der Waals surface area contributed by atoms with Crippen LogP contribution >= 0.6 is 15.9 Å². The molecule has 0 saturated carbocycles. The third kappa shape index (κ3) is 2.21. The van der Waals surface area contributed by atoms with Gasteiger partial charge < -0.3 is 4.57 Å². The van der Waals surface area contributed by atoms with Crippen LogP contribution in [0.3, 0.4) is 0 Å². The van der Waals surface area contributed by atoms with Gasteiger partial charge in [0.2, 0.25) is 0 Å². The van der Waals surface area contributed by atoms with E-state index in [9.17, 15) is 0 Å². The van der Waals surface area contributed by atoms with E-state index in [1.807, 2.05) is 0 Å². The van der Waals surface area contributed by atoms with Crippen LogP contribution in [0.15, 0.2) is 59.2 Å². The maximum atomic E-state index is 3.53. The van der Waals surface area contributed by atoms with E-state index >= 15 is 0 Å². The predicted octanol–water partition coefficient (Wildman–Crippen LogP) is 4.76. The zero-order valence-electron chi connectivity index (χ0n) is 10.2. The Kier molecular flexibility index (Phi) is 2.96. The second-order valence-electron chi connectivity index (χ2n) is 4.64. The maximum Gasteiger partial charge on any atom is 0.0494 e. The molecule has 2 heteroatoms. The number of nitrogens with zero attached hydrogens (tertiary/aromatic N) is 1. The molecule has 0 N–H and O–H groups in total. The van der Waals surface area contributed by atoms with Crippen molar-refractivity contribution in [3.63, 3.8) is 0 Å². The summed E-state index contributed by atoms with van der Waals surface area (Å²) >= 11 is 3.53. The first kappa shape index (κ1) is 11.5. The normalized spacial score (nSPS) is 11.0. The fraction of sp³-hybridized carbons (Fsp3) is 0.125. The van der Waals surface area contributed by atoms with Gasteiger partial charge in [-0.2, -0.15) is 0 Å². The summed E-state index contributed by atoms with van der Waals surface area (Å²) in [5, 5.41) is 1.28. The lowest BCUT2D eigenvalue weighted by Crippen LogP contribution is -1.97. The number of rotatable bonds is 2. The van der Waals surface area contributed by atoms with Crippen LogP contribution in [-0.2, 0) is 6.54 Å². The molecule has 1 aromatic heterocycles. The van der Waals surface area contributed by atoms with E-state index in [-0.39, 0.29) is 0 Å². The van der Waals surface area contributed by atoms with E-state index < -0.39 is 0 Å². The second kappa shape index (κ2) is 4.62. The van der Waals surface area contributed by atoms with Gasteiger partial charge in [0.1, 0.15) is 0 Å². The van der Waals surface area contributed by atoms with E-state index in [0.717, 1.165) is 11.0 Å². The fourth-order valence-corrected chi connectivity index (χ4v) is 2.65. The molecule has 0 aliphatic carbocycles. The summed E-state index contributed by atoms with van der Waals surface area (Å²) in [6, 6.07) is 17.2. The van der Waals surface area contributed by atoms with E-state index in [0.29, 0.717) is 0 Å². The molecule has 0 radical (unpaired) electrons. The van der Waals surface area contributed by atoms with Crippen LogP contribution in [0.2, 0.25) is 0 Å². The van der Waals surface area contributed by atoms with Gasteiger partial charge in [0, 0.05) is 22.7 Å². The average Bonchev–Trinajstić information content (AvgIpc) is 2.72. The number of hydrogen-bond acceptors (Lipinski definition) is 0. The molecule has 0 fully saturated rings. The lowest BCUT2D eigenvalue weighted by Gasteiger charge is -2.07. The zero-order chi connectivity index (χ0) is 12.5. The monoisotopic (exact) mass is 299 g/mol. The number of halogens is 1. The zero-order valence-corrected chi connectivity index (χ0v) is 11.8. The van der Waals surface area contributed by atoms with E-state index in [1.165, 1.54) is 22.0 Å². The molecule has 0 saturated heterocycles. The van der Waals surface area contributed by atoms with Crippen molar-refractivity contribution in [3.05, 3.63) is 70.3 Å². The highest BCUT2D eigenvalue weighted by Gasteiger charge is 2.02. The van der Waals surface area contributed by atoms with Crippen molar-refractivity contribution in [1.82, 2.24) is 4.57 Å². The smallest absolute Gasteiger partial charge is 0.0494 e. The number of aryl methyl sites for hydroxylation is 1. The first-order valence-corrected chi connectivity index (χ1v) is 6.81. The Morgan fingerprint density at radius 3 is 2.78 bits per heavy atom. The topological polar surface area (TPSA) is 4.93 Å². The van der Waals surface area contributed by atoms with Gasteiger partial charge in [-0.25, -0.2) is 0 Å². The lowest BCUT2D eigenvalue weighted by molar-refractivity contribution is 0.835. The van der Waals surface area contributed by atoms with Crippen LogP contribution in [0.25, 0.3) is 10.9 Å². The minimum absolute atomic E-state index is 0.918. The summed E-state index contributed by atoms with van der Waals surface area (Å²) in [7, 11) is 0. The van der Waals surface area contributed by atoms with Crippen molar-refractivity contribution in [2.45, 2.75) is 13.5 Å². The highest BCUT2D eigenvalue weighted by Crippen LogP contribution is 2.21. The molecule has 0 spiro atoms. The highest BCUT2D eigenvalue weighted by atomic mass is 79.9. The molecular weight excluding hydrogens is 286 g/mol. The molecule has 3 rings (SSSR count). The van der Waals surface area contributed by atoms with Crippen LogP contribution in [-0.4, -0.2) is 4.57 Å². The van der Waals surface area contributed by atoms with Crippen LogP contribution in [0.1, 0.15) is 11.1 Å². The summed E-state index contributed by atoms with van der Waals surface area (Å²) in [5.41, 5.74) is 3.92. The Labute approximate surface area is 115 Å². The minimum atomic E-state index is 0.918. The molecule has 0 aliphatic rings. The quantitative estimate of drug-likeness (QED) is 0.643. The number of hydrogen-bond donors (Lipinski definition) is 0. The van der Waals surface area contributed by atoms with Gasteiger partial charge in [-0.3, -0.25) is 0 Å². The molecule has 1 nitrogen and oxygen atoms in total. The van der Waals surface area contributed by atoms with Gasteiger partial charge in [0.15, 0.2) is 0 Å². The summed E-state index contributed by atoms with van der Waals surface area (Å²) in [6.45, 7) is 3.05. The molecule has 90 valence electrons. The average molecular weight is 300 g/mol. The van der Waals surface area contributed by atoms with Crippen molar-refractivity contribution in [2.75, 3.05) is 0 Å². The fourth-order valence-electron chi connectivity index (χ4n) is 2.30. The molecule has 3 aromatic rings. The Morgan fingerprint density at radius 2 is 1.94 bits per heavy atom. The third-order valence-corrected chi connectivity index (χ3v) is 3.66. The molecule has 0 unspecified atom stereocenters. The van der Waals surface area contributed by atoms with Crippen LogP contribution in [0.4, 0.5) is 0 Å². The first-order chi connectivity index (χ1) is 8.72. The summed E-state index contributed by atoms with van der Waals surface area (Å²) in [5.74, 6) is 0. The van der Waals surface area contributed by atoms with Crippen molar-refractivity contribution in [1.29, 1.82) is 0 Å².